The van der Waals surface area contributed by atoms with Gasteiger partial charge in [0.15, 0.2) is 19.7 Å². The van der Waals surface area contributed by atoms with Crippen LogP contribution in [-0.2, 0) is 19.7 Å². The van der Waals surface area contributed by atoms with Crippen molar-refractivity contribution in [1.29, 1.82) is 0 Å². The molecular formula is C6H12O4S2. The van der Waals surface area contributed by atoms with Gasteiger partial charge in [0.05, 0.1) is 11.5 Å². The molecule has 0 aliphatic heterocycles. The molecule has 0 aliphatic rings. The van der Waals surface area contributed by atoms with Gasteiger partial charge in [-0.25, -0.2) is 16.8 Å². The Morgan fingerprint density at radius 2 is 1.08 bits per heavy atom. The Kier molecular flexibility index (Phi) is 3.92. The molecule has 0 bridgehead atoms. The zero-order valence-corrected chi connectivity index (χ0v) is 8.65. The van der Waals surface area contributed by atoms with E-state index < -0.39 is 19.7 Å². The summed E-state index contributed by atoms with van der Waals surface area (Å²) >= 11 is 0. The molecule has 0 saturated heterocycles. The molecule has 0 aromatic carbocycles. The standard InChI is InChI=1S/C6H12O4S2/c1-3-11(7,8)5-6-12(9,10)4-2/h5-6H,3-4H2,1-2H3. The largest absolute Gasteiger partial charge is 0.224 e. The van der Waals surface area contributed by atoms with Crippen LogP contribution in [0.5, 0.6) is 0 Å². The van der Waals surface area contributed by atoms with Crippen LogP contribution >= 0.6 is 0 Å². The highest BCUT2D eigenvalue weighted by atomic mass is 32.2. The number of hydrogen-bond acceptors (Lipinski definition) is 4. The van der Waals surface area contributed by atoms with Gasteiger partial charge in [-0.1, -0.05) is 13.8 Å². The quantitative estimate of drug-likeness (QED) is 0.673. The van der Waals surface area contributed by atoms with Gasteiger partial charge in [0.1, 0.15) is 0 Å². The van der Waals surface area contributed by atoms with E-state index in [0.29, 0.717) is 0 Å². The smallest absolute Gasteiger partial charge is 0.172 e. The lowest BCUT2D eigenvalue weighted by atomic mass is 11.0. The van der Waals surface area contributed by atoms with E-state index in [0.717, 1.165) is 10.8 Å². The van der Waals surface area contributed by atoms with Crippen molar-refractivity contribution in [2.75, 3.05) is 11.5 Å². The second-order valence-electron chi connectivity index (χ2n) is 2.18. The summed E-state index contributed by atoms with van der Waals surface area (Å²) in [7, 11) is -6.64. The highest BCUT2D eigenvalue weighted by Gasteiger charge is 2.05. The first-order valence-corrected chi connectivity index (χ1v) is 6.89. The molecule has 0 aliphatic carbocycles. The van der Waals surface area contributed by atoms with Gasteiger partial charge in [-0.2, -0.15) is 0 Å². The van der Waals surface area contributed by atoms with Gasteiger partial charge in [-0.15, -0.1) is 0 Å². The molecular weight excluding hydrogens is 200 g/mol. The summed E-state index contributed by atoms with van der Waals surface area (Å²) in [4.78, 5) is 0. The molecule has 0 fully saturated rings. The van der Waals surface area contributed by atoms with Crippen molar-refractivity contribution >= 4 is 19.7 Å². The summed E-state index contributed by atoms with van der Waals surface area (Å²) in [6.45, 7) is 2.91. The van der Waals surface area contributed by atoms with Crippen LogP contribution in [-0.4, -0.2) is 28.3 Å². The van der Waals surface area contributed by atoms with Crippen molar-refractivity contribution in [2.45, 2.75) is 13.8 Å². The summed E-state index contributed by atoms with van der Waals surface area (Å²) in [5, 5.41) is 1.48. The molecule has 4 nitrogen and oxygen atoms in total. The van der Waals surface area contributed by atoms with Crippen molar-refractivity contribution in [3.63, 3.8) is 0 Å². The average molecular weight is 212 g/mol. The Morgan fingerprint density at radius 3 is 1.25 bits per heavy atom. The second kappa shape index (κ2) is 4.04. The molecule has 0 amide bonds. The molecule has 0 N–H and O–H groups in total. The Balaban J connectivity index is 4.70. The van der Waals surface area contributed by atoms with Crippen LogP contribution in [0.4, 0.5) is 0 Å². The molecule has 0 rings (SSSR count). The van der Waals surface area contributed by atoms with Gasteiger partial charge in [0.25, 0.3) is 0 Å². The molecule has 12 heavy (non-hydrogen) atoms. The van der Waals surface area contributed by atoms with Gasteiger partial charge in [0, 0.05) is 10.8 Å². The first kappa shape index (κ1) is 11.6. The minimum atomic E-state index is -3.32. The maximum atomic E-state index is 10.8. The fourth-order valence-corrected chi connectivity index (χ4v) is 2.10. The molecule has 0 radical (unpaired) electrons. The topological polar surface area (TPSA) is 68.3 Å². The molecule has 72 valence electrons. The number of sulfone groups is 2. The Hall–Kier alpha value is -0.360. The first-order valence-electron chi connectivity index (χ1n) is 3.46. The van der Waals surface area contributed by atoms with E-state index in [-0.39, 0.29) is 11.5 Å². The third-order valence-corrected chi connectivity index (χ3v) is 4.16. The fraction of sp³-hybridized carbons (Fsp3) is 0.667. The van der Waals surface area contributed by atoms with Crippen LogP contribution in [0.15, 0.2) is 10.8 Å². The predicted molar refractivity (Wildman–Crippen MR) is 48.1 cm³/mol. The van der Waals surface area contributed by atoms with Crippen LogP contribution in [0.25, 0.3) is 0 Å². The summed E-state index contributed by atoms with van der Waals surface area (Å²) < 4.78 is 43.2. The third-order valence-electron chi connectivity index (χ3n) is 1.27. The van der Waals surface area contributed by atoms with Crippen molar-refractivity contribution in [3.05, 3.63) is 10.8 Å². The van der Waals surface area contributed by atoms with Gasteiger partial charge < -0.3 is 0 Å². The predicted octanol–water partition coefficient (Wildman–Crippen LogP) is 0.327. The number of rotatable bonds is 4. The molecule has 0 spiro atoms. The van der Waals surface area contributed by atoms with Crippen LogP contribution < -0.4 is 0 Å². The molecule has 0 atom stereocenters. The zero-order chi connectivity index (χ0) is 9.83. The Labute approximate surface area is 73.1 Å². The van der Waals surface area contributed by atoms with Crippen LogP contribution in [0.2, 0.25) is 0 Å². The van der Waals surface area contributed by atoms with Gasteiger partial charge >= 0.3 is 0 Å². The van der Waals surface area contributed by atoms with E-state index >= 15 is 0 Å². The van der Waals surface area contributed by atoms with Gasteiger partial charge in [-0.05, 0) is 0 Å². The average Bonchev–Trinajstić information content (AvgIpc) is 2.02. The minimum absolute atomic E-state index is 0.0806. The monoisotopic (exact) mass is 212 g/mol. The maximum absolute atomic E-state index is 10.8. The second-order valence-corrected chi connectivity index (χ2v) is 6.53. The highest BCUT2D eigenvalue weighted by molar-refractivity contribution is 7.97. The summed E-state index contributed by atoms with van der Waals surface area (Å²) in [5.41, 5.74) is 0. The normalized spacial score (nSPS) is 13.8. The molecule has 0 saturated carbocycles. The molecule has 0 aromatic rings. The Bertz CT molecular complexity index is 311. The Morgan fingerprint density at radius 1 is 0.833 bits per heavy atom. The maximum Gasteiger partial charge on any atom is 0.172 e. The van der Waals surface area contributed by atoms with Crippen molar-refractivity contribution in [3.8, 4) is 0 Å². The van der Waals surface area contributed by atoms with E-state index in [4.69, 9.17) is 0 Å². The number of hydrogen-bond donors (Lipinski definition) is 0. The highest BCUT2D eigenvalue weighted by Crippen LogP contribution is 1.97. The lowest BCUT2D eigenvalue weighted by molar-refractivity contribution is 0.601. The van der Waals surface area contributed by atoms with E-state index in [1.807, 2.05) is 0 Å². The van der Waals surface area contributed by atoms with Crippen LogP contribution in [0.1, 0.15) is 13.8 Å². The SMILES string of the molecule is CCS(=O)(=O)C=CS(=O)(=O)CC. The lowest BCUT2D eigenvalue weighted by Crippen LogP contribution is -2.02. The zero-order valence-electron chi connectivity index (χ0n) is 7.02. The summed E-state index contributed by atoms with van der Waals surface area (Å²) in [6, 6.07) is 0. The van der Waals surface area contributed by atoms with Crippen molar-refractivity contribution in [2.24, 2.45) is 0 Å². The van der Waals surface area contributed by atoms with Crippen LogP contribution in [0, 0.1) is 0 Å². The lowest BCUT2D eigenvalue weighted by Gasteiger charge is -1.92. The first-order chi connectivity index (χ1) is 5.33. The molecule has 0 aromatic heterocycles. The third kappa shape index (κ3) is 4.50. The van der Waals surface area contributed by atoms with Gasteiger partial charge in [0.2, 0.25) is 0 Å². The van der Waals surface area contributed by atoms with E-state index in [9.17, 15) is 16.8 Å². The van der Waals surface area contributed by atoms with Crippen LogP contribution in [0.3, 0.4) is 0 Å². The van der Waals surface area contributed by atoms with E-state index in [1.54, 1.807) is 0 Å². The van der Waals surface area contributed by atoms with Crippen molar-refractivity contribution in [1.82, 2.24) is 0 Å². The molecule has 6 heteroatoms. The summed E-state index contributed by atoms with van der Waals surface area (Å²) in [6.07, 6.45) is 0. The molecule has 0 unspecified atom stereocenters. The summed E-state index contributed by atoms with van der Waals surface area (Å²) in [5.74, 6) is -0.161. The fourth-order valence-electron chi connectivity index (χ4n) is 0.362. The van der Waals surface area contributed by atoms with E-state index in [2.05, 4.69) is 0 Å². The van der Waals surface area contributed by atoms with Gasteiger partial charge in [-0.3, -0.25) is 0 Å². The molecule has 0 heterocycles. The van der Waals surface area contributed by atoms with Crippen molar-refractivity contribution < 1.29 is 16.8 Å². The minimum Gasteiger partial charge on any atom is -0.224 e. The van der Waals surface area contributed by atoms with E-state index in [1.165, 1.54) is 13.8 Å².